The number of hydrogen-bond donors (Lipinski definition) is 0. The van der Waals surface area contributed by atoms with Crippen molar-refractivity contribution < 1.29 is 0 Å². The van der Waals surface area contributed by atoms with E-state index in [1.165, 1.54) is 32.1 Å². The Balaban J connectivity index is 1.91. The predicted octanol–water partition coefficient (Wildman–Crippen LogP) is 3.98. The molecule has 4 rings (SSSR count). The van der Waals surface area contributed by atoms with E-state index in [1.54, 1.807) is 0 Å². The Hall–Kier alpha value is -1.40. The topological polar surface area (TPSA) is 13.0 Å². The molecule has 0 radical (unpaired) electrons. The van der Waals surface area contributed by atoms with Crippen LogP contribution in [-0.4, -0.2) is 54.9 Å². The van der Waals surface area contributed by atoms with Gasteiger partial charge in [-0.2, -0.15) is 0 Å². The van der Waals surface area contributed by atoms with Crippen LogP contribution in [0, 0.1) is 20.8 Å². The highest BCUT2D eigenvalue weighted by molar-refractivity contribution is 7.16. The van der Waals surface area contributed by atoms with Crippen LogP contribution in [0.5, 0.6) is 0 Å². The SMILES string of the molecule is Cc1ccc(C2c3c(sc(C)c3C)N3C(C)N(C)N(C)C3CN2C)cc1. The Bertz CT molecular complexity index is 812. The van der Waals surface area contributed by atoms with E-state index in [1.807, 2.05) is 11.3 Å². The number of likely N-dealkylation sites (N-methyl/N-ethyl adjacent to an activating group) is 2. The Labute approximate surface area is 161 Å². The molecule has 2 aliphatic heterocycles. The minimum absolute atomic E-state index is 0.312. The van der Waals surface area contributed by atoms with Gasteiger partial charge in [0, 0.05) is 31.1 Å². The smallest absolute Gasteiger partial charge is 0.110 e. The summed E-state index contributed by atoms with van der Waals surface area (Å²) in [6.07, 6.45) is 0.734. The zero-order valence-corrected chi connectivity index (χ0v) is 17.8. The van der Waals surface area contributed by atoms with Crippen molar-refractivity contribution in [1.29, 1.82) is 0 Å². The highest BCUT2D eigenvalue weighted by atomic mass is 32.1. The van der Waals surface area contributed by atoms with Crippen LogP contribution in [0.1, 0.15) is 40.1 Å². The number of anilines is 1. The number of hydrazine groups is 1. The van der Waals surface area contributed by atoms with Crippen LogP contribution in [0.3, 0.4) is 0 Å². The van der Waals surface area contributed by atoms with Crippen LogP contribution in [0.25, 0.3) is 0 Å². The quantitative estimate of drug-likeness (QED) is 0.753. The first-order valence-electron chi connectivity index (χ1n) is 9.42. The molecule has 0 saturated carbocycles. The summed E-state index contributed by atoms with van der Waals surface area (Å²) in [6.45, 7) is 10.1. The number of rotatable bonds is 1. The first-order valence-corrected chi connectivity index (χ1v) is 10.2. The molecule has 3 unspecified atom stereocenters. The van der Waals surface area contributed by atoms with Crippen molar-refractivity contribution in [3.63, 3.8) is 0 Å². The molecule has 1 fully saturated rings. The van der Waals surface area contributed by atoms with Crippen molar-refractivity contribution in [3.05, 3.63) is 51.4 Å². The van der Waals surface area contributed by atoms with Gasteiger partial charge in [0.2, 0.25) is 0 Å². The summed E-state index contributed by atoms with van der Waals surface area (Å²) in [5, 5.41) is 6.20. The summed E-state index contributed by atoms with van der Waals surface area (Å²) in [5.74, 6) is 0. The van der Waals surface area contributed by atoms with E-state index in [4.69, 9.17) is 0 Å². The van der Waals surface area contributed by atoms with Crippen LogP contribution in [0.4, 0.5) is 5.00 Å². The molecule has 1 aromatic heterocycles. The van der Waals surface area contributed by atoms with E-state index in [-0.39, 0.29) is 0 Å². The second kappa shape index (κ2) is 6.34. The molecule has 0 spiro atoms. The van der Waals surface area contributed by atoms with Gasteiger partial charge in [0.25, 0.3) is 0 Å². The average molecular weight is 371 g/mol. The van der Waals surface area contributed by atoms with Gasteiger partial charge in [0.15, 0.2) is 0 Å². The van der Waals surface area contributed by atoms with Crippen molar-refractivity contribution in [2.75, 3.05) is 32.6 Å². The van der Waals surface area contributed by atoms with E-state index < -0.39 is 0 Å². The van der Waals surface area contributed by atoms with Crippen LogP contribution in [0.15, 0.2) is 24.3 Å². The molecule has 4 nitrogen and oxygen atoms in total. The molecule has 26 heavy (non-hydrogen) atoms. The van der Waals surface area contributed by atoms with Gasteiger partial charge in [-0.15, -0.1) is 11.3 Å². The van der Waals surface area contributed by atoms with Gasteiger partial charge in [-0.3, -0.25) is 4.90 Å². The monoisotopic (exact) mass is 370 g/mol. The molecule has 140 valence electrons. The number of fused-ring (bicyclic) bond motifs is 3. The molecule has 2 aliphatic rings. The van der Waals surface area contributed by atoms with Crippen LogP contribution in [-0.2, 0) is 0 Å². The summed E-state index contributed by atoms with van der Waals surface area (Å²) in [4.78, 5) is 6.60. The summed E-state index contributed by atoms with van der Waals surface area (Å²) >= 11 is 1.96. The average Bonchev–Trinajstić information content (AvgIpc) is 2.94. The van der Waals surface area contributed by atoms with Crippen molar-refractivity contribution in [3.8, 4) is 0 Å². The first-order chi connectivity index (χ1) is 12.3. The molecule has 3 atom stereocenters. The lowest BCUT2D eigenvalue weighted by atomic mass is 9.95. The summed E-state index contributed by atoms with van der Waals surface area (Å²) in [6, 6.07) is 9.41. The van der Waals surface area contributed by atoms with E-state index in [9.17, 15) is 0 Å². The van der Waals surface area contributed by atoms with Crippen LogP contribution in [0.2, 0.25) is 0 Å². The fourth-order valence-corrected chi connectivity index (χ4v) is 5.80. The number of nitrogens with zero attached hydrogens (tertiary/aromatic N) is 4. The number of thiophene rings is 1. The summed E-state index contributed by atoms with van der Waals surface area (Å²) in [5.41, 5.74) is 5.66. The maximum Gasteiger partial charge on any atom is 0.110 e. The largest absolute Gasteiger partial charge is 0.328 e. The predicted molar refractivity (Wildman–Crippen MR) is 111 cm³/mol. The van der Waals surface area contributed by atoms with E-state index in [0.29, 0.717) is 18.4 Å². The van der Waals surface area contributed by atoms with E-state index in [2.05, 4.69) is 92.9 Å². The van der Waals surface area contributed by atoms with E-state index in [0.717, 1.165) is 6.54 Å². The lowest BCUT2D eigenvalue weighted by Gasteiger charge is -2.31. The van der Waals surface area contributed by atoms with Crippen LogP contribution < -0.4 is 4.90 Å². The van der Waals surface area contributed by atoms with Crippen molar-refractivity contribution >= 4 is 16.3 Å². The minimum Gasteiger partial charge on any atom is -0.328 e. The van der Waals surface area contributed by atoms with Crippen molar-refractivity contribution in [2.45, 2.75) is 46.1 Å². The molecular formula is C21H30N4S. The maximum absolute atomic E-state index is 2.63. The zero-order valence-electron chi connectivity index (χ0n) is 16.9. The maximum atomic E-state index is 2.63. The molecule has 3 heterocycles. The zero-order chi connectivity index (χ0) is 18.7. The highest BCUT2D eigenvalue weighted by Gasteiger charge is 2.46. The number of aryl methyl sites for hydroxylation is 2. The summed E-state index contributed by atoms with van der Waals surface area (Å²) < 4.78 is 0. The van der Waals surface area contributed by atoms with Gasteiger partial charge in [-0.25, -0.2) is 10.0 Å². The Morgan fingerprint density at radius 3 is 2.27 bits per heavy atom. The molecule has 0 amide bonds. The summed E-state index contributed by atoms with van der Waals surface area (Å²) in [7, 11) is 6.69. The van der Waals surface area contributed by atoms with Gasteiger partial charge in [-0.05, 0) is 45.9 Å². The highest BCUT2D eigenvalue weighted by Crippen LogP contribution is 2.48. The fraction of sp³-hybridized carbons (Fsp3) is 0.524. The molecule has 1 saturated heterocycles. The molecule has 0 aliphatic carbocycles. The minimum atomic E-state index is 0.312. The first kappa shape index (κ1) is 18.0. The second-order valence-electron chi connectivity index (χ2n) is 7.92. The van der Waals surface area contributed by atoms with Crippen molar-refractivity contribution in [1.82, 2.24) is 14.9 Å². The molecule has 5 heteroatoms. The van der Waals surface area contributed by atoms with Crippen LogP contribution >= 0.6 is 11.3 Å². The lowest BCUT2D eigenvalue weighted by Crippen LogP contribution is -2.45. The fourth-order valence-electron chi connectivity index (χ4n) is 4.49. The molecule has 0 bridgehead atoms. The lowest BCUT2D eigenvalue weighted by molar-refractivity contribution is 0.0201. The molecule has 1 aromatic carbocycles. The number of benzene rings is 1. The third-order valence-corrected chi connectivity index (χ3v) is 7.64. The Kier molecular flexibility index (Phi) is 4.39. The van der Waals surface area contributed by atoms with Crippen molar-refractivity contribution in [2.24, 2.45) is 0 Å². The Morgan fingerprint density at radius 1 is 0.962 bits per heavy atom. The standard InChI is InChI=1S/C21H30N4S/c1-13-8-10-17(11-9-13)20-19-14(2)15(3)26-21(19)25-16(4)23(6)24(7)18(25)12-22(20)5/h8-11,16,18,20H,12H2,1-7H3. The normalized spacial score (nSPS) is 27.5. The van der Waals surface area contributed by atoms with Gasteiger partial charge in [0.1, 0.15) is 6.17 Å². The van der Waals surface area contributed by atoms with Gasteiger partial charge in [0.05, 0.1) is 17.2 Å². The third-order valence-electron chi connectivity index (χ3n) is 6.40. The number of hydrogen-bond acceptors (Lipinski definition) is 5. The Morgan fingerprint density at radius 2 is 1.62 bits per heavy atom. The molecule has 0 N–H and O–H groups in total. The van der Waals surface area contributed by atoms with Gasteiger partial charge < -0.3 is 4.90 Å². The second-order valence-corrected chi connectivity index (χ2v) is 9.13. The molecular weight excluding hydrogens is 340 g/mol. The van der Waals surface area contributed by atoms with E-state index >= 15 is 0 Å². The third kappa shape index (κ3) is 2.53. The van der Waals surface area contributed by atoms with Gasteiger partial charge in [-0.1, -0.05) is 29.8 Å². The molecule has 2 aromatic rings. The van der Waals surface area contributed by atoms with Gasteiger partial charge >= 0.3 is 0 Å².